The minimum absolute atomic E-state index is 0.160. The second kappa shape index (κ2) is 9.78. The van der Waals surface area contributed by atoms with Crippen molar-refractivity contribution in [3.05, 3.63) is 29.8 Å². The number of ether oxygens (including phenoxy) is 3. The van der Waals surface area contributed by atoms with Gasteiger partial charge >= 0.3 is 0 Å². The summed E-state index contributed by atoms with van der Waals surface area (Å²) in [6, 6.07) is 8.08. The number of nitrogens with one attached hydrogen (secondary N) is 1. The van der Waals surface area contributed by atoms with Gasteiger partial charge in [0.15, 0.2) is 6.29 Å². The lowest BCUT2D eigenvalue weighted by atomic mass is 10.1. The van der Waals surface area contributed by atoms with Gasteiger partial charge in [-0.1, -0.05) is 18.2 Å². The number of para-hydroxylation sites is 1. The van der Waals surface area contributed by atoms with Crippen molar-refractivity contribution >= 4 is 0 Å². The normalized spacial score (nSPS) is 10.9. The van der Waals surface area contributed by atoms with Crippen molar-refractivity contribution < 1.29 is 14.2 Å². The molecule has 0 fully saturated rings. The first kappa shape index (κ1) is 16.0. The first-order valence-electron chi connectivity index (χ1n) is 6.87. The third kappa shape index (κ3) is 6.05. The van der Waals surface area contributed by atoms with Gasteiger partial charge < -0.3 is 19.5 Å². The van der Waals surface area contributed by atoms with Crippen LogP contribution >= 0.6 is 0 Å². The summed E-state index contributed by atoms with van der Waals surface area (Å²) in [4.78, 5) is 0. The summed E-state index contributed by atoms with van der Waals surface area (Å²) < 4.78 is 16.3. The van der Waals surface area contributed by atoms with Gasteiger partial charge in [-0.25, -0.2) is 0 Å². The molecule has 0 aromatic heterocycles. The standard InChI is InChI=1S/C15H25NO3/c1-4-18-15(19-5-2)12-16-11-10-13-8-6-7-9-14(13)17-3/h6-9,15-16H,4-5,10-12H2,1-3H3. The van der Waals surface area contributed by atoms with Crippen LogP contribution in [0.5, 0.6) is 5.75 Å². The Hall–Kier alpha value is -1.10. The molecular formula is C15H25NO3. The zero-order valence-electron chi connectivity index (χ0n) is 12.1. The van der Waals surface area contributed by atoms with E-state index in [1.807, 2.05) is 32.0 Å². The van der Waals surface area contributed by atoms with E-state index in [2.05, 4.69) is 11.4 Å². The Morgan fingerprint density at radius 2 is 1.79 bits per heavy atom. The van der Waals surface area contributed by atoms with Crippen LogP contribution in [0.4, 0.5) is 0 Å². The van der Waals surface area contributed by atoms with Crippen LogP contribution in [0.3, 0.4) is 0 Å². The molecule has 0 amide bonds. The molecule has 0 heterocycles. The molecule has 19 heavy (non-hydrogen) atoms. The summed E-state index contributed by atoms with van der Waals surface area (Å²) in [5.74, 6) is 0.940. The average molecular weight is 267 g/mol. The molecule has 1 aromatic rings. The Morgan fingerprint density at radius 3 is 2.42 bits per heavy atom. The molecule has 0 saturated carbocycles. The lowest BCUT2D eigenvalue weighted by Gasteiger charge is -2.17. The van der Waals surface area contributed by atoms with E-state index in [-0.39, 0.29) is 6.29 Å². The van der Waals surface area contributed by atoms with E-state index < -0.39 is 0 Å². The van der Waals surface area contributed by atoms with Gasteiger partial charge in [-0.3, -0.25) is 0 Å². The second-order valence-electron chi connectivity index (χ2n) is 4.11. The van der Waals surface area contributed by atoms with Gasteiger partial charge in [-0.2, -0.15) is 0 Å². The summed E-state index contributed by atoms with van der Waals surface area (Å²) >= 11 is 0. The highest BCUT2D eigenvalue weighted by Crippen LogP contribution is 2.17. The van der Waals surface area contributed by atoms with E-state index in [0.29, 0.717) is 19.8 Å². The number of hydrogen-bond donors (Lipinski definition) is 1. The van der Waals surface area contributed by atoms with E-state index in [4.69, 9.17) is 14.2 Å². The van der Waals surface area contributed by atoms with E-state index in [1.54, 1.807) is 7.11 Å². The predicted molar refractivity (Wildman–Crippen MR) is 76.6 cm³/mol. The van der Waals surface area contributed by atoms with Crippen molar-refractivity contribution in [1.82, 2.24) is 5.32 Å². The SMILES string of the molecule is CCOC(CNCCc1ccccc1OC)OCC. The maximum Gasteiger partial charge on any atom is 0.169 e. The van der Waals surface area contributed by atoms with Gasteiger partial charge in [0.2, 0.25) is 0 Å². The summed E-state index contributed by atoms with van der Waals surface area (Å²) in [6.45, 7) is 6.85. The van der Waals surface area contributed by atoms with Crippen LogP contribution < -0.4 is 10.1 Å². The molecule has 4 nitrogen and oxygen atoms in total. The smallest absolute Gasteiger partial charge is 0.169 e. The quantitative estimate of drug-likeness (QED) is 0.521. The van der Waals surface area contributed by atoms with Gasteiger partial charge in [-0.05, 0) is 38.4 Å². The second-order valence-corrected chi connectivity index (χ2v) is 4.11. The van der Waals surface area contributed by atoms with Crippen molar-refractivity contribution in [2.75, 3.05) is 33.4 Å². The predicted octanol–water partition coefficient (Wildman–Crippen LogP) is 2.23. The summed E-state index contributed by atoms with van der Waals surface area (Å²) in [6.07, 6.45) is 0.766. The number of hydrogen-bond acceptors (Lipinski definition) is 4. The first-order valence-corrected chi connectivity index (χ1v) is 6.87. The molecule has 0 aliphatic carbocycles. The molecule has 1 aromatic carbocycles. The number of benzene rings is 1. The summed E-state index contributed by atoms with van der Waals surface area (Å²) in [7, 11) is 1.70. The van der Waals surface area contributed by atoms with Crippen LogP contribution in [-0.2, 0) is 15.9 Å². The van der Waals surface area contributed by atoms with Crippen molar-refractivity contribution in [3.63, 3.8) is 0 Å². The van der Waals surface area contributed by atoms with Crippen molar-refractivity contribution in [2.45, 2.75) is 26.6 Å². The molecule has 1 N–H and O–H groups in total. The van der Waals surface area contributed by atoms with Gasteiger partial charge in [0, 0.05) is 19.8 Å². The molecular weight excluding hydrogens is 242 g/mol. The molecule has 0 saturated heterocycles. The third-order valence-electron chi connectivity index (χ3n) is 2.78. The molecule has 0 aliphatic heterocycles. The Labute approximate surface area is 116 Å². The van der Waals surface area contributed by atoms with E-state index in [9.17, 15) is 0 Å². The third-order valence-corrected chi connectivity index (χ3v) is 2.78. The molecule has 0 spiro atoms. The highest BCUT2D eigenvalue weighted by Gasteiger charge is 2.07. The molecule has 1 rings (SSSR count). The van der Waals surface area contributed by atoms with Gasteiger partial charge in [-0.15, -0.1) is 0 Å². The maximum atomic E-state index is 5.47. The lowest BCUT2D eigenvalue weighted by molar-refractivity contribution is -0.132. The van der Waals surface area contributed by atoms with Crippen LogP contribution in [0, 0.1) is 0 Å². The van der Waals surface area contributed by atoms with Crippen LogP contribution in [0.25, 0.3) is 0 Å². The molecule has 0 aliphatic rings. The zero-order chi connectivity index (χ0) is 13.9. The molecule has 108 valence electrons. The minimum Gasteiger partial charge on any atom is -0.496 e. The van der Waals surface area contributed by atoms with E-state index in [1.165, 1.54) is 5.56 Å². The first-order chi connectivity index (χ1) is 9.31. The molecule has 0 atom stereocenters. The largest absolute Gasteiger partial charge is 0.496 e. The highest BCUT2D eigenvalue weighted by atomic mass is 16.7. The Kier molecular flexibility index (Phi) is 8.21. The number of rotatable bonds is 10. The molecule has 4 heteroatoms. The number of methoxy groups -OCH3 is 1. The van der Waals surface area contributed by atoms with Crippen LogP contribution in [0.15, 0.2) is 24.3 Å². The van der Waals surface area contributed by atoms with E-state index in [0.717, 1.165) is 18.7 Å². The van der Waals surface area contributed by atoms with Crippen LogP contribution in [-0.4, -0.2) is 39.7 Å². The highest BCUT2D eigenvalue weighted by molar-refractivity contribution is 5.33. The monoisotopic (exact) mass is 267 g/mol. The van der Waals surface area contributed by atoms with Crippen molar-refractivity contribution in [1.29, 1.82) is 0 Å². The van der Waals surface area contributed by atoms with Gasteiger partial charge in [0.05, 0.1) is 7.11 Å². The fraction of sp³-hybridized carbons (Fsp3) is 0.600. The molecule has 0 unspecified atom stereocenters. The summed E-state index contributed by atoms with van der Waals surface area (Å²) in [5, 5.41) is 3.35. The zero-order valence-corrected chi connectivity index (χ0v) is 12.1. The van der Waals surface area contributed by atoms with Crippen LogP contribution in [0.1, 0.15) is 19.4 Å². The topological polar surface area (TPSA) is 39.7 Å². The average Bonchev–Trinajstić information content (AvgIpc) is 2.44. The fourth-order valence-electron chi connectivity index (χ4n) is 1.89. The lowest BCUT2D eigenvalue weighted by Crippen LogP contribution is -2.32. The Morgan fingerprint density at radius 1 is 1.11 bits per heavy atom. The fourth-order valence-corrected chi connectivity index (χ4v) is 1.89. The van der Waals surface area contributed by atoms with Gasteiger partial charge in [0.1, 0.15) is 5.75 Å². The Bertz CT molecular complexity index is 338. The van der Waals surface area contributed by atoms with Crippen molar-refractivity contribution in [3.8, 4) is 5.75 Å². The minimum atomic E-state index is -0.160. The molecule has 0 bridgehead atoms. The summed E-state index contributed by atoms with van der Waals surface area (Å²) in [5.41, 5.74) is 1.21. The van der Waals surface area contributed by atoms with E-state index >= 15 is 0 Å². The molecule has 0 radical (unpaired) electrons. The van der Waals surface area contributed by atoms with Crippen LogP contribution in [0.2, 0.25) is 0 Å². The van der Waals surface area contributed by atoms with Gasteiger partial charge in [0.25, 0.3) is 0 Å². The maximum absolute atomic E-state index is 5.47. The van der Waals surface area contributed by atoms with Crippen molar-refractivity contribution in [2.24, 2.45) is 0 Å². The Balaban J connectivity index is 2.29.